The van der Waals surface area contributed by atoms with Gasteiger partial charge in [-0.3, -0.25) is 38.4 Å². The molecule has 24 heteroatoms. The number of esters is 1. The zero-order chi connectivity index (χ0) is 58.6. The van der Waals surface area contributed by atoms with E-state index in [4.69, 9.17) is 14.8 Å². The maximum atomic E-state index is 13.7. The number of nitrogens with zero attached hydrogens (tertiary/aromatic N) is 2. The number of ether oxygens (including phenoxy) is 1. The van der Waals surface area contributed by atoms with Crippen molar-refractivity contribution in [2.45, 2.75) is 107 Å². The normalized spacial score (nSPS) is 16.8. The summed E-state index contributed by atoms with van der Waals surface area (Å²) >= 11 is 2.88. The molecule has 2 saturated heterocycles. The standard InChI is InChI=1S/C29H35N3O6S.C27H33N3O5S.CH2O3.2K.H/c1-6-15-30-27(36)25-29(4,5)39-17-32(25)28(37)24(34)22(16-20-11-8-7-9-12-20)31-26(35)21-13-10-14-23(18(21)2)38-19(3)33;1-5-14-28-25(34)23-27(3,4)36-16-30(23)26(35)22(32)20(15-18-10-7-6-8-11-18)29-24(33)19-12-9-13-21(31)17(19)2;2-1-4-3;;;/h6-14,22,24-25,34H,1,15-17H2,2-5H3,(H,30,36)(H,31,35);5-13,20,22-23,31-32H,1,14-16H2,2-4H3,(H,28,34)(H,29,33);1,3H;;;/q;;;2*+1;-1/p-1/t22-,24-,25?;20-,22-,23?;;;;/m00..../s1. The van der Waals surface area contributed by atoms with Crippen molar-refractivity contribution in [1.29, 1.82) is 0 Å². The Labute approximate surface area is 567 Å². The minimum Gasteiger partial charge on any atom is -1.00 e. The Morgan fingerprint density at radius 1 is 0.679 bits per heavy atom. The predicted octanol–water partition coefficient (Wildman–Crippen LogP) is -2.46. The van der Waals surface area contributed by atoms with Gasteiger partial charge < -0.3 is 62.7 Å². The van der Waals surface area contributed by atoms with Crippen LogP contribution in [0.15, 0.2) is 122 Å². The summed E-state index contributed by atoms with van der Waals surface area (Å²) in [7, 11) is 0. The minimum absolute atomic E-state index is 0. The van der Waals surface area contributed by atoms with Crippen LogP contribution in [-0.4, -0.2) is 144 Å². The smallest absolute Gasteiger partial charge is 1.00 e. The number of rotatable bonds is 20. The molecule has 0 spiro atoms. The molecule has 0 radical (unpaired) electrons. The number of thioether (sulfide) groups is 2. The quantitative estimate of drug-likeness (QED) is 0.00920. The van der Waals surface area contributed by atoms with Crippen molar-refractivity contribution in [2.24, 2.45) is 0 Å². The van der Waals surface area contributed by atoms with Crippen molar-refractivity contribution in [3.05, 3.63) is 156 Å². The van der Waals surface area contributed by atoms with Crippen LogP contribution in [0.2, 0.25) is 0 Å². The number of benzene rings is 4. The summed E-state index contributed by atoms with van der Waals surface area (Å²) in [6.45, 7) is 19.6. The van der Waals surface area contributed by atoms with E-state index in [0.717, 1.165) is 11.1 Å². The Morgan fingerprint density at radius 2 is 1.06 bits per heavy atom. The van der Waals surface area contributed by atoms with Gasteiger partial charge in [0.05, 0.1) is 23.8 Å². The molecule has 0 bridgehead atoms. The molecule has 4 aromatic rings. The Hall–Kier alpha value is -4.23. The Balaban J connectivity index is 0.000000745. The van der Waals surface area contributed by atoms with E-state index in [2.05, 4.69) is 39.3 Å². The van der Waals surface area contributed by atoms with Gasteiger partial charge >= 0.3 is 109 Å². The number of aliphatic hydroxyl groups excluding tert-OH is 2. The Morgan fingerprint density at radius 3 is 1.43 bits per heavy atom. The first-order valence-electron chi connectivity index (χ1n) is 24.9. The summed E-state index contributed by atoms with van der Waals surface area (Å²) in [4.78, 5) is 105. The van der Waals surface area contributed by atoms with Crippen LogP contribution < -0.4 is 134 Å². The van der Waals surface area contributed by atoms with Gasteiger partial charge in [0.1, 0.15) is 23.6 Å². The minimum atomic E-state index is -1.63. The van der Waals surface area contributed by atoms with Crippen LogP contribution in [0.25, 0.3) is 0 Å². The number of aromatic hydroxyl groups is 1. The van der Waals surface area contributed by atoms with Crippen LogP contribution in [0, 0.1) is 13.8 Å². The number of phenols is 1. The van der Waals surface area contributed by atoms with Gasteiger partial charge in [-0.25, -0.2) is 0 Å². The number of aliphatic hydroxyl groups is 2. The summed E-state index contributed by atoms with van der Waals surface area (Å²) in [5.74, 6) is -2.87. The van der Waals surface area contributed by atoms with E-state index >= 15 is 0 Å². The topological polar surface area (TPSA) is 293 Å². The molecule has 7 N–H and O–H groups in total. The van der Waals surface area contributed by atoms with Crippen molar-refractivity contribution in [1.82, 2.24) is 31.1 Å². The van der Waals surface area contributed by atoms with Gasteiger partial charge in [-0.15, -0.1) is 36.7 Å². The molecule has 0 saturated carbocycles. The van der Waals surface area contributed by atoms with E-state index in [1.807, 2.05) is 88.4 Å². The van der Waals surface area contributed by atoms with Crippen LogP contribution in [0.5, 0.6) is 11.5 Å². The first-order valence-corrected chi connectivity index (χ1v) is 26.9. The number of phenolic OH excluding ortho intramolecular Hbond substituents is 1. The Bertz CT molecular complexity index is 2820. The third-order valence-electron chi connectivity index (χ3n) is 12.9. The maximum absolute atomic E-state index is 13.7. The largest absolute Gasteiger partial charge is 1.00 e. The molecule has 6 rings (SSSR count). The van der Waals surface area contributed by atoms with E-state index < -0.39 is 75.5 Å². The van der Waals surface area contributed by atoms with E-state index in [9.17, 15) is 48.9 Å². The molecule has 20 nitrogen and oxygen atoms in total. The fourth-order valence-electron chi connectivity index (χ4n) is 8.76. The van der Waals surface area contributed by atoms with Crippen molar-refractivity contribution in [3.63, 3.8) is 0 Å². The van der Waals surface area contributed by atoms with Gasteiger partial charge in [0.2, 0.25) is 11.8 Å². The third-order valence-corrected chi connectivity index (χ3v) is 15.6. The van der Waals surface area contributed by atoms with Crippen molar-refractivity contribution < 1.29 is 173 Å². The molecule has 4 aromatic carbocycles. The predicted molar refractivity (Wildman–Crippen MR) is 299 cm³/mol. The fourth-order valence-corrected chi connectivity index (χ4v) is 11.0. The third kappa shape index (κ3) is 20.8. The van der Waals surface area contributed by atoms with E-state index in [1.165, 1.54) is 46.3 Å². The molecule has 2 aliphatic rings. The summed E-state index contributed by atoms with van der Waals surface area (Å²) in [5.41, 5.74) is 2.94. The van der Waals surface area contributed by atoms with Gasteiger partial charge in [-0.05, 0) is 89.8 Å². The molecule has 2 heterocycles. The van der Waals surface area contributed by atoms with Crippen molar-refractivity contribution in [2.75, 3.05) is 24.8 Å². The first kappa shape index (κ1) is 72.9. The van der Waals surface area contributed by atoms with Gasteiger partial charge in [0.15, 0.2) is 12.2 Å². The number of amides is 6. The average molecular weight is 1210 g/mol. The van der Waals surface area contributed by atoms with Crippen LogP contribution >= 0.6 is 23.5 Å². The van der Waals surface area contributed by atoms with Gasteiger partial charge in [-0.2, -0.15) is 0 Å². The van der Waals surface area contributed by atoms with Crippen LogP contribution in [0.3, 0.4) is 0 Å². The molecular weight excluding hydrogens is 1130 g/mol. The molecule has 6 atom stereocenters. The van der Waals surface area contributed by atoms with Crippen molar-refractivity contribution >= 4 is 71.4 Å². The number of hydrogen-bond acceptors (Lipinski definition) is 16. The molecule has 426 valence electrons. The molecular formula is C57H70K2N6O14S2. The second-order valence-electron chi connectivity index (χ2n) is 19.3. The SMILES string of the molecule is C=CCNC(=O)C1N(C(=O)[C@@H](O)[C@H](Cc2ccccc2)NC(=O)c2cccc(O)c2C)CSC1(C)C.C=CCNC(=O)C1N(C(=O)[C@@H](O)[C@H](Cc2ccccc2)NC(=O)c2cccc(OC(C)=O)c2C)CSC1(C)C.O=CO[O-].[H-].[K+].[K+]. The van der Waals surface area contributed by atoms with Gasteiger partial charge in [0.25, 0.3) is 30.1 Å². The molecule has 2 aliphatic heterocycles. The van der Waals surface area contributed by atoms with E-state index in [0.29, 0.717) is 11.1 Å². The van der Waals surface area contributed by atoms with Crippen LogP contribution in [-0.2, 0) is 46.5 Å². The number of nitrogens with one attached hydrogen (secondary N) is 4. The Kier molecular flexibility index (Phi) is 31.6. The number of hydrogen-bond donors (Lipinski definition) is 7. The van der Waals surface area contributed by atoms with Crippen LogP contribution in [0.1, 0.15) is 79.0 Å². The summed E-state index contributed by atoms with van der Waals surface area (Å²) < 4.78 is 4.03. The molecule has 0 aliphatic carbocycles. The van der Waals surface area contributed by atoms with E-state index in [1.54, 1.807) is 56.3 Å². The molecule has 0 aromatic heterocycles. The zero-order valence-electron chi connectivity index (χ0n) is 48.1. The number of carbonyl (C=O) groups is 8. The molecule has 2 unspecified atom stereocenters. The maximum Gasteiger partial charge on any atom is 1.00 e. The summed E-state index contributed by atoms with van der Waals surface area (Å²) in [6, 6.07) is 24.1. The number of carbonyl (C=O) groups excluding carboxylic acids is 8. The summed E-state index contributed by atoms with van der Waals surface area (Å²) in [5, 5.41) is 52.1. The second-order valence-corrected chi connectivity index (χ2v) is 22.5. The van der Waals surface area contributed by atoms with Crippen LogP contribution in [0.4, 0.5) is 0 Å². The monoisotopic (exact) mass is 1200 g/mol. The average Bonchev–Trinajstić information content (AvgIpc) is 3.93. The fraction of sp³-hybridized carbons (Fsp3) is 0.368. The molecule has 81 heavy (non-hydrogen) atoms. The summed E-state index contributed by atoms with van der Waals surface area (Å²) in [6.07, 6.45) is 0.238. The van der Waals surface area contributed by atoms with Gasteiger partial charge in [-0.1, -0.05) is 84.9 Å². The van der Waals surface area contributed by atoms with Crippen molar-refractivity contribution in [3.8, 4) is 11.5 Å². The molecule has 2 fully saturated rings. The molecule has 6 amide bonds. The first-order chi connectivity index (χ1) is 37.4. The zero-order valence-corrected chi connectivity index (χ0v) is 55.0. The van der Waals surface area contributed by atoms with Gasteiger partial charge in [0, 0.05) is 51.8 Å². The second kappa shape index (κ2) is 35.2. The van der Waals surface area contributed by atoms with E-state index in [-0.39, 0.29) is 183 Å².